The van der Waals surface area contributed by atoms with Crippen molar-refractivity contribution in [1.82, 2.24) is 20.3 Å². The van der Waals surface area contributed by atoms with E-state index < -0.39 is 6.04 Å². The monoisotopic (exact) mass is 485 g/mol. The molecule has 0 aliphatic heterocycles. The molecule has 1 heterocycles. The van der Waals surface area contributed by atoms with E-state index in [2.05, 4.69) is 15.6 Å². The van der Waals surface area contributed by atoms with E-state index in [1.54, 1.807) is 16.7 Å². The van der Waals surface area contributed by atoms with E-state index in [4.69, 9.17) is 4.74 Å². The van der Waals surface area contributed by atoms with E-state index in [0.29, 0.717) is 24.4 Å². The number of ether oxygens (including phenoxy) is 1. The smallest absolute Gasteiger partial charge is 0.249 e. The fourth-order valence-corrected chi connectivity index (χ4v) is 4.43. The van der Waals surface area contributed by atoms with Gasteiger partial charge in [-0.3, -0.25) is 14.5 Å². The fourth-order valence-electron chi connectivity index (χ4n) is 4.43. The molecule has 1 N–H and O–H groups in total. The lowest BCUT2D eigenvalue weighted by Gasteiger charge is -2.33. The Morgan fingerprint density at radius 3 is 2.42 bits per heavy atom. The molecule has 186 valence electrons. The summed E-state index contributed by atoms with van der Waals surface area (Å²) in [7, 11) is 1.58. The number of hydrogen-bond acceptors (Lipinski definition) is 5. The molecule has 0 saturated carbocycles. The third-order valence-electron chi connectivity index (χ3n) is 6.05. The Balaban J connectivity index is 1.82. The lowest BCUT2D eigenvalue weighted by atomic mass is 9.97. The minimum absolute atomic E-state index is 0.0682. The lowest BCUT2D eigenvalue weighted by molar-refractivity contribution is -0.127. The highest BCUT2D eigenvalue weighted by atomic mass is 16.5. The number of amides is 2. The van der Waals surface area contributed by atoms with Crippen LogP contribution in [0, 0.1) is 20.8 Å². The molecule has 4 rings (SSSR count). The van der Waals surface area contributed by atoms with Gasteiger partial charge in [0.05, 0.1) is 12.1 Å². The molecule has 1 atom stereocenters. The summed E-state index contributed by atoms with van der Waals surface area (Å²) in [6, 6.07) is 20.1. The SMILES string of the molecule is COCCNC(=O)[C@@H](c1ccccc1C)N(C(=O)Cn1nnc2ccccc21)c1cc(C)cc(C)c1. The largest absolute Gasteiger partial charge is 0.383 e. The zero-order valence-corrected chi connectivity index (χ0v) is 21.1. The molecule has 0 unspecified atom stereocenters. The molecular weight excluding hydrogens is 454 g/mol. The van der Waals surface area contributed by atoms with Gasteiger partial charge in [-0.1, -0.05) is 47.7 Å². The third kappa shape index (κ3) is 5.44. The van der Waals surface area contributed by atoms with Crippen LogP contribution in [-0.2, 0) is 20.9 Å². The number of methoxy groups -OCH3 is 1. The first-order valence-electron chi connectivity index (χ1n) is 11.9. The van der Waals surface area contributed by atoms with Crippen molar-refractivity contribution in [1.29, 1.82) is 0 Å². The van der Waals surface area contributed by atoms with E-state index in [1.165, 1.54) is 0 Å². The molecule has 0 aliphatic carbocycles. The van der Waals surface area contributed by atoms with Gasteiger partial charge >= 0.3 is 0 Å². The predicted octanol–water partition coefficient (Wildman–Crippen LogP) is 3.89. The number of carbonyl (C=O) groups is 2. The van der Waals surface area contributed by atoms with Crippen molar-refractivity contribution in [2.45, 2.75) is 33.4 Å². The molecule has 4 aromatic rings. The topological polar surface area (TPSA) is 89.4 Å². The summed E-state index contributed by atoms with van der Waals surface area (Å²) in [4.78, 5) is 29.3. The van der Waals surface area contributed by atoms with Crippen LogP contribution in [0.25, 0.3) is 11.0 Å². The molecule has 8 heteroatoms. The average Bonchev–Trinajstić information content (AvgIpc) is 3.25. The summed E-state index contributed by atoms with van der Waals surface area (Å²) in [5, 5.41) is 11.3. The molecule has 0 saturated heterocycles. The Kier molecular flexibility index (Phi) is 7.75. The normalized spacial score (nSPS) is 11.9. The predicted molar refractivity (Wildman–Crippen MR) is 140 cm³/mol. The van der Waals surface area contributed by atoms with E-state index in [-0.39, 0.29) is 18.4 Å². The number of fused-ring (bicyclic) bond motifs is 1. The fraction of sp³-hybridized carbons (Fsp3) is 0.286. The number of hydrogen-bond donors (Lipinski definition) is 1. The molecular formula is C28H31N5O3. The second-order valence-corrected chi connectivity index (χ2v) is 8.89. The van der Waals surface area contributed by atoms with Crippen LogP contribution in [0.5, 0.6) is 0 Å². The molecule has 2 amide bonds. The van der Waals surface area contributed by atoms with Crippen LogP contribution in [0.1, 0.15) is 28.3 Å². The second kappa shape index (κ2) is 11.1. The van der Waals surface area contributed by atoms with Gasteiger partial charge in [-0.15, -0.1) is 5.10 Å². The average molecular weight is 486 g/mol. The molecule has 36 heavy (non-hydrogen) atoms. The summed E-state index contributed by atoms with van der Waals surface area (Å²) in [6.45, 7) is 6.53. The number of carbonyl (C=O) groups excluding carboxylic acids is 2. The van der Waals surface area contributed by atoms with Crippen LogP contribution in [0.2, 0.25) is 0 Å². The number of anilines is 1. The van der Waals surface area contributed by atoms with Gasteiger partial charge in [0.15, 0.2) is 0 Å². The van der Waals surface area contributed by atoms with Crippen LogP contribution in [-0.4, -0.2) is 47.1 Å². The zero-order chi connectivity index (χ0) is 25.7. The highest BCUT2D eigenvalue weighted by molar-refractivity contribution is 6.01. The van der Waals surface area contributed by atoms with Crippen LogP contribution >= 0.6 is 0 Å². The Bertz CT molecular complexity index is 1360. The van der Waals surface area contributed by atoms with Crippen molar-refractivity contribution in [2.75, 3.05) is 25.2 Å². The Hall–Kier alpha value is -4.04. The number of para-hydroxylation sites is 1. The number of nitrogens with one attached hydrogen (secondary N) is 1. The highest BCUT2D eigenvalue weighted by Gasteiger charge is 2.34. The van der Waals surface area contributed by atoms with Gasteiger partial charge in [0.25, 0.3) is 0 Å². The summed E-state index contributed by atoms with van der Waals surface area (Å²) < 4.78 is 6.70. The van der Waals surface area contributed by atoms with Crippen molar-refractivity contribution in [3.05, 3.63) is 89.0 Å². The lowest BCUT2D eigenvalue weighted by Crippen LogP contribution is -2.46. The third-order valence-corrected chi connectivity index (χ3v) is 6.05. The minimum atomic E-state index is -0.883. The summed E-state index contributed by atoms with van der Waals surface area (Å²) in [5.74, 6) is -0.553. The Labute approximate surface area is 210 Å². The van der Waals surface area contributed by atoms with E-state index in [0.717, 1.165) is 27.8 Å². The molecule has 0 aliphatic rings. The maximum Gasteiger partial charge on any atom is 0.249 e. The van der Waals surface area contributed by atoms with Crippen molar-refractivity contribution < 1.29 is 14.3 Å². The quantitative estimate of drug-likeness (QED) is 0.363. The summed E-state index contributed by atoms with van der Waals surface area (Å²) in [5.41, 5.74) is 5.77. The minimum Gasteiger partial charge on any atom is -0.383 e. The number of aryl methyl sites for hydroxylation is 3. The van der Waals surface area contributed by atoms with Crippen molar-refractivity contribution in [2.24, 2.45) is 0 Å². The Morgan fingerprint density at radius 2 is 1.69 bits per heavy atom. The summed E-state index contributed by atoms with van der Waals surface area (Å²) in [6.07, 6.45) is 0. The van der Waals surface area contributed by atoms with Gasteiger partial charge < -0.3 is 10.1 Å². The maximum absolute atomic E-state index is 14.1. The van der Waals surface area contributed by atoms with Gasteiger partial charge in [-0.05, 0) is 67.3 Å². The van der Waals surface area contributed by atoms with Crippen molar-refractivity contribution >= 4 is 28.5 Å². The second-order valence-electron chi connectivity index (χ2n) is 8.89. The van der Waals surface area contributed by atoms with Crippen LogP contribution in [0.15, 0.2) is 66.7 Å². The van der Waals surface area contributed by atoms with Gasteiger partial charge in [0.1, 0.15) is 18.1 Å². The molecule has 0 fully saturated rings. The van der Waals surface area contributed by atoms with Crippen LogP contribution < -0.4 is 10.2 Å². The van der Waals surface area contributed by atoms with Crippen molar-refractivity contribution in [3.63, 3.8) is 0 Å². The van der Waals surface area contributed by atoms with E-state index in [9.17, 15) is 9.59 Å². The number of aromatic nitrogens is 3. The highest BCUT2D eigenvalue weighted by Crippen LogP contribution is 2.31. The first-order chi connectivity index (χ1) is 17.4. The number of benzene rings is 3. The van der Waals surface area contributed by atoms with Gasteiger partial charge in [0, 0.05) is 19.3 Å². The molecule has 1 aromatic heterocycles. The van der Waals surface area contributed by atoms with E-state index >= 15 is 0 Å². The van der Waals surface area contributed by atoms with Gasteiger partial charge in [-0.25, -0.2) is 4.68 Å². The van der Waals surface area contributed by atoms with Crippen LogP contribution in [0.3, 0.4) is 0 Å². The van der Waals surface area contributed by atoms with Gasteiger partial charge in [0.2, 0.25) is 11.8 Å². The molecule has 0 radical (unpaired) electrons. The van der Waals surface area contributed by atoms with Crippen molar-refractivity contribution in [3.8, 4) is 0 Å². The first-order valence-corrected chi connectivity index (χ1v) is 11.9. The Morgan fingerprint density at radius 1 is 1.00 bits per heavy atom. The van der Waals surface area contributed by atoms with Crippen LogP contribution in [0.4, 0.5) is 5.69 Å². The standard InChI is InChI=1S/C28H31N5O3/c1-19-15-20(2)17-22(16-19)33(26(34)18-32-25-12-8-7-11-24(25)30-31-32)27(28(35)29-13-14-36-4)23-10-6-5-9-21(23)3/h5-12,15-17,27H,13-14,18H2,1-4H3,(H,29,35)/t27-/m1/s1. The van der Waals surface area contributed by atoms with Gasteiger partial charge in [-0.2, -0.15) is 0 Å². The molecule has 0 bridgehead atoms. The zero-order valence-electron chi connectivity index (χ0n) is 21.1. The first kappa shape index (κ1) is 25.1. The summed E-state index contributed by atoms with van der Waals surface area (Å²) >= 11 is 0. The molecule has 8 nitrogen and oxygen atoms in total. The number of rotatable bonds is 9. The molecule has 3 aromatic carbocycles. The maximum atomic E-state index is 14.1. The number of nitrogens with zero attached hydrogens (tertiary/aromatic N) is 4. The van der Waals surface area contributed by atoms with E-state index in [1.807, 2.05) is 87.5 Å². The molecule has 0 spiro atoms.